The highest BCUT2D eigenvalue weighted by atomic mass is 79.9. The zero-order valence-corrected chi connectivity index (χ0v) is 11.3. The summed E-state index contributed by atoms with van der Waals surface area (Å²) < 4.78 is 8.43. The van der Waals surface area contributed by atoms with E-state index in [1.54, 1.807) is 6.20 Å². The molecule has 0 saturated heterocycles. The van der Waals surface area contributed by atoms with Crippen LogP contribution >= 0.6 is 15.9 Å². The van der Waals surface area contributed by atoms with Crippen molar-refractivity contribution >= 4 is 21.6 Å². The van der Waals surface area contributed by atoms with Gasteiger partial charge < -0.3 is 10.5 Å². The first-order valence-electron chi connectivity index (χ1n) is 5.33. The third kappa shape index (κ3) is 2.79. The summed E-state index contributed by atoms with van der Waals surface area (Å²) in [7, 11) is 0. The molecule has 0 bridgehead atoms. The maximum absolute atomic E-state index is 5.85. The smallest absolute Gasteiger partial charge is 0.165 e. The van der Waals surface area contributed by atoms with Gasteiger partial charge in [0.05, 0.1) is 18.1 Å². The van der Waals surface area contributed by atoms with Gasteiger partial charge in [-0.25, -0.2) is 0 Å². The number of halogens is 1. The zero-order valence-electron chi connectivity index (χ0n) is 9.72. The third-order valence-electron chi connectivity index (χ3n) is 2.31. The van der Waals surface area contributed by atoms with E-state index in [1.165, 1.54) is 0 Å². The first-order valence-corrected chi connectivity index (χ1v) is 6.12. The SMILES string of the molecule is CC(C)n1cc(Oc2ccc(Br)cc2N)cn1. The standard InChI is InChI=1S/C12H14BrN3O/c1-8(2)16-7-10(6-15-16)17-12-4-3-9(13)5-11(12)14/h3-8H,14H2,1-2H3. The molecule has 0 atom stereocenters. The van der Waals surface area contributed by atoms with Gasteiger partial charge in [0.1, 0.15) is 0 Å². The molecule has 0 radical (unpaired) electrons. The highest BCUT2D eigenvalue weighted by Gasteiger charge is 2.06. The van der Waals surface area contributed by atoms with Crippen LogP contribution in [-0.4, -0.2) is 9.78 Å². The van der Waals surface area contributed by atoms with E-state index in [2.05, 4.69) is 34.9 Å². The number of aromatic nitrogens is 2. The summed E-state index contributed by atoms with van der Waals surface area (Å²) in [5.41, 5.74) is 6.45. The van der Waals surface area contributed by atoms with Gasteiger partial charge in [-0.3, -0.25) is 4.68 Å². The lowest BCUT2D eigenvalue weighted by Crippen LogP contribution is -1.99. The maximum atomic E-state index is 5.85. The Labute approximate surface area is 109 Å². The average molecular weight is 296 g/mol. The van der Waals surface area contributed by atoms with Crippen LogP contribution in [0.15, 0.2) is 35.1 Å². The lowest BCUT2D eigenvalue weighted by Gasteiger charge is -2.06. The van der Waals surface area contributed by atoms with Crippen molar-refractivity contribution in [1.82, 2.24) is 9.78 Å². The van der Waals surface area contributed by atoms with E-state index >= 15 is 0 Å². The number of hydrogen-bond donors (Lipinski definition) is 1. The molecule has 1 aromatic heterocycles. The van der Waals surface area contributed by atoms with E-state index in [1.807, 2.05) is 29.1 Å². The van der Waals surface area contributed by atoms with Crippen LogP contribution in [0.5, 0.6) is 11.5 Å². The molecule has 2 rings (SSSR count). The molecule has 0 aliphatic carbocycles. The Morgan fingerprint density at radius 2 is 2.18 bits per heavy atom. The monoisotopic (exact) mass is 295 g/mol. The number of nitrogens with zero attached hydrogens (tertiary/aromatic N) is 2. The van der Waals surface area contributed by atoms with Gasteiger partial charge in [-0.15, -0.1) is 0 Å². The van der Waals surface area contributed by atoms with E-state index in [4.69, 9.17) is 10.5 Å². The van der Waals surface area contributed by atoms with Gasteiger partial charge in [-0.05, 0) is 32.0 Å². The van der Waals surface area contributed by atoms with Crippen LogP contribution in [0.25, 0.3) is 0 Å². The second kappa shape index (κ2) is 4.79. The second-order valence-corrected chi connectivity index (χ2v) is 4.95. The van der Waals surface area contributed by atoms with Crippen LogP contribution in [0.4, 0.5) is 5.69 Å². The molecule has 5 heteroatoms. The minimum Gasteiger partial charge on any atom is -0.452 e. The molecule has 0 spiro atoms. The van der Waals surface area contributed by atoms with Crippen LogP contribution in [0, 0.1) is 0 Å². The highest BCUT2D eigenvalue weighted by molar-refractivity contribution is 9.10. The van der Waals surface area contributed by atoms with Crippen molar-refractivity contribution in [2.45, 2.75) is 19.9 Å². The van der Waals surface area contributed by atoms with E-state index in [0.717, 1.165) is 4.47 Å². The Balaban J connectivity index is 2.19. The van der Waals surface area contributed by atoms with Crippen LogP contribution in [0.1, 0.15) is 19.9 Å². The van der Waals surface area contributed by atoms with Gasteiger partial charge in [0, 0.05) is 10.5 Å². The molecule has 2 aromatic rings. The quantitative estimate of drug-likeness (QED) is 0.880. The topological polar surface area (TPSA) is 53.1 Å². The third-order valence-corrected chi connectivity index (χ3v) is 2.80. The summed E-state index contributed by atoms with van der Waals surface area (Å²) in [4.78, 5) is 0. The molecule has 0 unspecified atom stereocenters. The predicted molar refractivity (Wildman–Crippen MR) is 71.2 cm³/mol. The van der Waals surface area contributed by atoms with Gasteiger partial charge >= 0.3 is 0 Å². The summed E-state index contributed by atoms with van der Waals surface area (Å²) in [5, 5.41) is 4.20. The Hall–Kier alpha value is -1.49. The first kappa shape index (κ1) is 12.0. The number of nitrogens with two attached hydrogens (primary N) is 1. The molecule has 1 aromatic carbocycles. The van der Waals surface area contributed by atoms with E-state index < -0.39 is 0 Å². The Morgan fingerprint density at radius 3 is 2.76 bits per heavy atom. The summed E-state index contributed by atoms with van der Waals surface area (Å²) in [5.74, 6) is 1.32. The fraction of sp³-hybridized carbons (Fsp3) is 0.250. The number of anilines is 1. The molecular weight excluding hydrogens is 282 g/mol. The van der Waals surface area contributed by atoms with Crippen molar-refractivity contribution in [1.29, 1.82) is 0 Å². The van der Waals surface area contributed by atoms with Crippen molar-refractivity contribution in [3.63, 3.8) is 0 Å². The lowest BCUT2D eigenvalue weighted by atomic mass is 10.3. The molecular formula is C12H14BrN3O. The fourth-order valence-corrected chi connectivity index (χ4v) is 1.77. The van der Waals surface area contributed by atoms with Gasteiger partial charge in [0.25, 0.3) is 0 Å². The molecule has 2 N–H and O–H groups in total. The van der Waals surface area contributed by atoms with Gasteiger partial charge in [0.15, 0.2) is 11.5 Å². The summed E-state index contributed by atoms with van der Waals surface area (Å²) in [6.07, 6.45) is 3.54. The van der Waals surface area contributed by atoms with Gasteiger partial charge in [-0.2, -0.15) is 5.10 Å². The molecule has 0 saturated carbocycles. The minimum atomic E-state index is 0.314. The van der Waals surface area contributed by atoms with E-state index in [0.29, 0.717) is 23.2 Å². The van der Waals surface area contributed by atoms with Crippen molar-refractivity contribution in [2.75, 3.05) is 5.73 Å². The normalized spacial score (nSPS) is 10.8. The van der Waals surface area contributed by atoms with E-state index in [9.17, 15) is 0 Å². The molecule has 0 aliphatic rings. The van der Waals surface area contributed by atoms with Crippen molar-refractivity contribution in [2.24, 2.45) is 0 Å². The molecule has 4 nitrogen and oxygen atoms in total. The Bertz CT molecular complexity index is 522. The molecule has 1 heterocycles. The van der Waals surface area contributed by atoms with Crippen molar-refractivity contribution in [3.05, 3.63) is 35.1 Å². The minimum absolute atomic E-state index is 0.314. The average Bonchev–Trinajstić information content (AvgIpc) is 2.71. The van der Waals surface area contributed by atoms with Gasteiger partial charge in [0.2, 0.25) is 0 Å². The molecule has 17 heavy (non-hydrogen) atoms. The second-order valence-electron chi connectivity index (χ2n) is 4.03. The number of rotatable bonds is 3. The largest absolute Gasteiger partial charge is 0.452 e. The van der Waals surface area contributed by atoms with Crippen LogP contribution in [0.3, 0.4) is 0 Å². The Kier molecular flexibility index (Phi) is 3.38. The summed E-state index contributed by atoms with van der Waals surface area (Å²) >= 11 is 3.35. The van der Waals surface area contributed by atoms with Crippen molar-refractivity contribution in [3.8, 4) is 11.5 Å². The number of nitrogen functional groups attached to an aromatic ring is 1. The van der Waals surface area contributed by atoms with Crippen LogP contribution in [0.2, 0.25) is 0 Å². The highest BCUT2D eigenvalue weighted by Crippen LogP contribution is 2.29. The number of benzene rings is 1. The lowest BCUT2D eigenvalue weighted by molar-refractivity contribution is 0.479. The molecule has 0 fully saturated rings. The summed E-state index contributed by atoms with van der Waals surface area (Å²) in [6, 6.07) is 5.84. The van der Waals surface area contributed by atoms with Gasteiger partial charge in [-0.1, -0.05) is 15.9 Å². The summed E-state index contributed by atoms with van der Waals surface area (Å²) in [6.45, 7) is 4.12. The molecule has 0 aliphatic heterocycles. The first-order chi connectivity index (χ1) is 8.06. The zero-order chi connectivity index (χ0) is 12.4. The Morgan fingerprint density at radius 1 is 1.41 bits per heavy atom. The van der Waals surface area contributed by atoms with Crippen molar-refractivity contribution < 1.29 is 4.74 Å². The molecule has 90 valence electrons. The number of ether oxygens (including phenoxy) is 1. The molecule has 0 amide bonds. The number of hydrogen-bond acceptors (Lipinski definition) is 3. The van der Waals surface area contributed by atoms with E-state index in [-0.39, 0.29) is 0 Å². The fourth-order valence-electron chi connectivity index (χ4n) is 1.39. The maximum Gasteiger partial charge on any atom is 0.165 e. The predicted octanol–water partition coefficient (Wildman–Crippen LogP) is 3.60. The van der Waals surface area contributed by atoms with Crippen LogP contribution < -0.4 is 10.5 Å². The van der Waals surface area contributed by atoms with Crippen LogP contribution in [-0.2, 0) is 0 Å².